The van der Waals surface area contributed by atoms with Crippen LogP contribution in [0.5, 0.6) is 11.5 Å². The first kappa shape index (κ1) is 39.5. The van der Waals surface area contributed by atoms with E-state index in [9.17, 15) is 28.0 Å². The van der Waals surface area contributed by atoms with Crippen LogP contribution in [0.3, 0.4) is 0 Å². The van der Waals surface area contributed by atoms with Crippen molar-refractivity contribution < 1.29 is 32.6 Å². The lowest BCUT2D eigenvalue weighted by atomic mass is 9.71. The zero-order chi connectivity index (χ0) is 42.4. The number of piperidine rings is 2. The number of nitrogens with one attached hydrogen (secondary N) is 1. The quantitative estimate of drug-likeness (QED) is 0.234. The van der Waals surface area contributed by atoms with E-state index >= 15 is 0 Å². The van der Waals surface area contributed by atoms with Gasteiger partial charge in [-0.05, 0) is 79.7 Å². The molecule has 0 radical (unpaired) electrons. The summed E-state index contributed by atoms with van der Waals surface area (Å²) in [6.07, 6.45) is 6.13. The molecule has 2 aromatic heterocycles. The second-order valence-corrected chi connectivity index (χ2v) is 18.1. The molecule has 5 saturated heterocycles. The number of amides is 3. The molecule has 1 unspecified atom stereocenters. The Balaban J connectivity index is 0.737. The maximum atomic E-state index is 13.7. The lowest BCUT2D eigenvalue weighted by Crippen LogP contribution is -2.61. The Hall–Kier alpha value is -5.61. The highest BCUT2D eigenvalue weighted by atomic mass is 19.3. The number of fused-ring (bicyclic) bond motifs is 2. The van der Waals surface area contributed by atoms with Crippen LogP contribution in [0.25, 0.3) is 21.9 Å². The SMILES string of the molecule is COc1cc(-c2cn(C)c(=O)c3cnc(N4CC(F)(F)C4)cc23)cc(OC)c1CN1CC(CN2CCC3(CC2)CN(c2ccc4c(c2)C(=O)N(C2CCC(=O)NC2=O)C4)C3)C1. The van der Waals surface area contributed by atoms with Gasteiger partial charge in [0.25, 0.3) is 17.4 Å². The van der Waals surface area contributed by atoms with Gasteiger partial charge in [-0.1, -0.05) is 6.07 Å². The van der Waals surface area contributed by atoms with E-state index in [4.69, 9.17) is 9.47 Å². The number of hydrogen-bond acceptors (Lipinski definition) is 11. The van der Waals surface area contributed by atoms with Crippen LogP contribution in [0.1, 0.15) is 47.2 Å². The lowest BCUT2D eigenvalue weighted by Gasteiger charge is -2.55. The number of alkyl halides is 2. The van der Waals surface area contributed by atoms with E-state index in [1.165, 1.54) is 15.7 Å². The largest absolute Gasteiger partial charge is 0.496 e. The number of carbonyl (C=O) groups is 3. The molecule has 1 spiro atoms. The Kier molecular flexibility index (Phi) is 9.58. The predicted molar refractivity (Wildman–Crippen MR) is 224 cm³/mol. The third kappa shape index (κ3) is 7.06. The normalized spacial score (nSPS) is 22.5. The van der Waals surface area contributed by atoms with E-state index in [1.54, 1.807) is 38.4 Å². The fourth-order valence-electron chi connectivity index (χ4n) is 10.4. The van der Waals surface area contributed by atoms with Gasteiger partial charge in [0.2, 0.25) is 11.8 Å². The first-order valence-corrected chi connectivity index (χ1v) is 21.1. The van der Waals surface area contributed by atoms with Crippen molar-refractivity contribution in [3.8, 4) is 22.6 Å². The molecule has 4 aromatic rings. The van der Waals surface area contributed by atoms with Crippen molar-refractivity contribution in [3.05, 3.63) is 75.8 Å². The molecule has 3 amide bonds. The molecule has 61 heavy (non-hydrogen) atoms. The number of aryl methyl sites for hydroxylation is 1. The number of methoxy groups -OCH3 is 2. The van der Waals surface area contributed by atoms with Gasteiger partial charge < -0.3 is 33.6 Å². The van der Waals surface area contributed by atoms with Crippen LogP contribution in [-0.4, -0.2) is 127 Å². The number of hydrogen-bond donors (Lipinski definition) is 1. The fraction of sp³-hybridized carbons (Fsp3) is 0.489. The predicted octanol–water partition coefficient (Wildman–Crippen LogP) is 3.87. The number of likely N-dealkylation sites (tertiary alicyclic amines) is 2. The minimum absolute atomic E-state index is 0.136. The summed E-state index contributed by atoms with van der Waals surface area (Å²) in [5.41, 5.74) is 5.18. The summed E-state index contributed by atoms with van der Waals surface area (Å²) in [5.74, 6) is -1.23. The molecule has 10 rings (SSSR count). The molecule has 6 aliphatic heterocycles. The van der Waals surface area contributed by atoms with Crippen molar-refractivity contribution in [2.75, 3.05) is 82.9 Å². The molecule has 0 aliphatic carbocycles. The minimum atomic E-state index is -2.75. The summed E-state index contributed by atoms with van der Waals surface area (Å²) >= 11 is 0. The van der Waals surface area contributed by atoms with E-state index in [-0.39, 0.29) is 35.1 Å². The third-order valence-electron chi connectivity index (χ3n) is 13.9. The Morgan fingerprint density at radius 3 is 2.26 bits per heavy atom. The number of carbonyl (C=O) groups excluding carboxylic acids is 3. The van der Waals surface area contributed by atoms with Gasteiger partial charge in [0, 0.05) is 99.3 Å². The second kappa shape index (κ2) is 14.8. The number of anilines is 2. The molecule has 1 atom stereocenters. The average Bonchev–Trinajstić information content (AvgIpc) is 3.54. The molecule has 2 aromatic carbocycles. The molecule has 1 N–H and O–H groups in total. The highest BCUT2D eigenvalue weighted by Gasteiger charge is 2.47. The topological polar surface area (TPSA) is 133 Å². The van der Waals surface area contributed by atoms with Gasteiger partial charge in [-0.2, -0.15) is 0 Å². The standard InChI is InChI=1S/C45H50F2N8O6/c1-50-21-34(32-15-39(48-16-33(32)42(50)58)54-25-45(46,47)26-54)29-12-37(60-2)35(38(13-29)61-3)22-52-18-27(19-52)17-51-10-8-44(9-11-51)23-53(24-44)30-5-4-28-20-55(43(59)31(28)14-30)36-6-7-40(56)49-41(36)57/h4-5,12-16,21,27,36H,6-11,17-20,22-26H2,1-3H3,(H,49,56,57). The van der Waals surface area contributed by atoms with Crippen molar-refractivity contribution in [2.24, 2.45) is 18.4 Å². The highest BCUT2D eigenvalue weighted by Crippen LogP contribution is 2.45. The van der Waals surface area contributed by atoms with Crippen LogP contribution in [0.15, 0.2) is 53.6 Å². The number of ether oxygens (including phenoxy) is 2. The highest BCUT2D eigenvalue weighted by molar-refractivity contribution is 6.05. The first-order chi connectivity index (χ1) is 29.3. The Bertz CT molecular complexity index is 2490. The average molecular weight is 837 g/mol. The number of halogens is 2. The fourth-order valence-corrected chi connectivity index (χ4v) is 10.4. The molecule has 14 nitrogen and oxygen atoms in total. The van der Waals surface area contributed by atoms with Gasteiger partial charge >= 0.3 is 0 Å². The first-order valence-electron chi connectivity index (χ1n) is 21.1. The molecule has 5 fully saturated rings. The van der Waals surface area contributed by atoms with Gasteiger partial charge in [-0.3, -0.25) is 29.4 Å². The van der Waals surface area contributed by atoms with Gasteiger partial charge in [0.1, 0.15) is 23.4 Å². The van der Waals surface area contributed by atoms with Crippen LogP contribution >= 0.6 is 0 Å². The molecule has 320 valence electrons. The molecular weight excluding hydrogens is 787 g/mol. The van der Waals surface area contributed by atoms with Crippen LogP contribution in [-0.2, 0) is 29.7 Å². The number of nitrogens with zero attached hydrogens (tertiary/aromatic N) is 7. The zero-order valence-corrected chi connectivity index (χ0v) is 34.7. The van der Waals surface area contributed by atoms with E-state index in [1.807, 2.05) is 24.3 Å². The molecule has 0 bridgehead atoms. The number of benzene rings is 2. The summed E-state index contributed by atoms with van der Waals surface area (Å²) < 4.78 is 40.8. The smallest absolute Gasteiger partial charge is 0.282 e. The minimum Gasteiger partial charge on any atom is -0.496 e. The third-order valence-corrected chi connectivity index (χ3v) is 13.9. The molecule has 6 aliphatic rings. The van der Waals surface area contributed by atoms with E-state index < -0.39 is 25.1 Å². The number of rotatable bonds is 10. The summed E-state index contributed by atoms with van der Waals surface area (Å²) in [6, 6.07) is 11.1. The van der Waals surface area contributed by atoms with Crippen molar-refractivity contribution in [1.29, 1.82) is 0 Å². The molecule has 16 heteroatoms. The summed E-state index contributed by atoms with van der Waals surface area (Å²) in [7, 11) is 4.97. The van der Waals surface area contributed by atoms with Crippen molar-refractivity contribution in [2.45, 2.75) is 50.7 Å². The van der Waals surface area contributed by atoms with Crippen molar-refractivity contribution in [1.82, 2.24) is 29.6 Å². The summed E-state index contributed by atoms with van der Waals surface area (Å²) in [5, 5.41) is 3.41. The number of aromatic nitrogens is 2. The maximum Gasteiger partial charge on any atom is 0.282 e. The number of imide groups is 1. The van der Waals surface area contributed by atoms with E-state index in [0.29, 0.717) is 59.1 Å². The van der Waals surface area contributed by atoms with Gasteiger partial charge in [0.05, 0.1) is 38.3 Å². The zero-order valence-electron chi connectivity index (χ0n) is 34.7. The van der Waals surface area contributed by atoms with Gasteiger partial charge in [0.15, 0.2) is 0 Å². The monoisotopic (exact) mass is 836 g/mol. The summed E-state index contributed by atoms with van der Waals surface area (Å²) in [6.45, 7) is 7.33. The second-order valence-electron chi connectivity index (χ2n) is 18.1. The molecule has 0 saturated carbocycles. The van der Waals surface area contributed by atoms with E-state index in [0.717, 1.165) is 86.6 Å². The van der Waals surface area contributed by atoms with Gasteiger partial charge in [-0.15, -0.1) is 0 Å². The van der Waals surface area contributed by atoms with Crippen LogP contribution in [0, 0.1) is 11.3 Å². The van der Waals surface area contributed by atoms with Crippen LogP contribution in [0.4, 0.5) is 20.3 Å². The maximum absolute atomic E-state index is 13.7. The Labute approximate surface area is 352 Å². The lowest BCUT2D eigenvalue weighted by molar-refractivity contribution is -0.136. The van der Waals surface area contributed by atoms with Crippen molar-refractivity contribution in [3.63, 3.8) is 0 Å². The van der Waals surface area contributed by atoms with Crippen LogP contribution in [0.2, 0.25) is 0 Å². The Morgan fingerprint density at radius 1 is 0.869 bits per heavy atom. The van der Waals surface area contributed by atoms with E-state index in [2.05, 4.69) is 31.1 Å². The number of pyridine rings is 2. The Morgan fingerprint density at radius 2 is 1.59 bits per heavy atom. The molecular formula is C45H50F2N8O6. The van der Waals surface area contributed by atoms with Gasteiger partial charge in [-0.25, -0.2) is 13.8 Å². The van der Waals surface area contributed by atoms with Crippen LogP contribution < -0.4 is 30.1 Å². The summed E-state index contributed by atoms with van der Waals surface area (Å²) in [4.78, 5) is 65.5. The molecule has 8 heterocycles. The van der Waals surface area contributed by atoms with Crippen molar-refractivity contribution >= 4 is 40.0 Å².